The predicted octanol–water partition coefficient (Wildman–Crippen LogP) is 3.95. The molecule has 6 nitrogen and oxygen atoms in total. The smallest absolute Gasteiger partial charge is 0.264 e. The number of hydrogen-bond donors (Lipinski definition) is 1. The number of nitrogens with one attached hydrogen (secondary N) is 1. The van der Waals surface area contributed by atoms with Crippen molar-refractivity contribution in [3.05, 3.63) is 90.0 Å². The zero-order valence-electron chi connectivity index (χ0n) is 18.6. The Kier molecular flexibility index (Phi) is 6.99. The summed E-state index contributed by atoms with van der Waals surface area (Å²) < 4.78 is 33.2. The molecule has 0 aliphatic carbocycles. The van der Waals surface area contributed by atoms with Crippen molar-refractivity contribution in [1.29, 1.82) is 0 Å². The van der Waals surface area contributed by atoms with Crippen molar-refractivity contribution in [2.75, 3.05) is 17.5 Å². The van der Waals surface area contributed by atoms with E-state index in [9.17, 15) is 13.2 Å². The van der Waals surface area contributed by atoms with E-state index >= 15 is 0 Å². The maximum absolute atomic E-state index is 13.1. The number of sulfonamides is 1. The molecule has 1 amide bonds. The molecule has 1 heterocycles. The molecular weight excluding hydrogens is 436 g/mol. The molecule has 3 aromatic rings. The lowest BCUT2D eigenvalue weighted by Gasteiger charge is -2.19. The third-order valence-electron chi connectivity index (χ3n) is 5.74. The Balaban J connectivity index is 1.28. The van der Waals surface area contributed by atoms with Gasteiger partial charge in [0.1, 0.15) is 5.75 Å². The summed E-state index contributed by atoms with van der Waals surface area (Å²) in [5.74, 6) is 0.240. The number of hydrogen-bond acceptors (Lipinski definition) is 4. The highest BCUT2D eigenvalue weighted by Gasteiger charge is 2.30. The maximum Gasteiger partial charge on any atom is 0.264 e. The maximum atomic E-state index is 13.1. The van der Waals surface area contributed by atoms with Crippen molar-refractivity contribution in [3.63, 3.8) is 0 Å². The van der Waals surface area contributed by atoms with Gasteiger partial charge in [-0.3, -0.25) is 9.10 Å². The number of rotatable bonds is 9. The number of para-hydroxylation sites is 1. The van der Waals surface area contributed by atoms with Crippen molar-refractivity contribution in [2.24, 2.45) is 0 Å². The second-order valence-corrected chi connectivity index (χ2v) is 10.1. The minimum atomic E-state index is -3.65. The van der Waals surface area contributed by atoms with E-state index in [2.05, 4.69) is 17.4 Å². The lowest BCUT2D eigenvalue weighted by atomic mass is 10.1. The van der Waals surface area contributed by atoms with Gasteiger partial charge < -0.3 is 10.1 Å². The van der Waals surface area contributed by atoms with Gasteiger partial charge in [-0.1, -0.05) is 48.5 Å². The monoisotopic (exact) mass is 464 g/mol. The lowest BCUT2D eigenvalue weighted by Crippen LogP contribution is -2.36. The number of ether oxygens (including phenoxy) is 1. The Morgan fingerprint density at radius 3 is 2.45 bits per heavy atom. The van der Waals surface area contributed by atoms with Crippen LogP contribution in [-0.4, -0.2) is 33.5 Å². The molecule has 4 rings (SSSR count). The normalized spacial score (nSPS) is 13.9. The molecule has 0 spiro atoms. The molecule has 7 heteroatoms. The minimum Gasteiger partial charge on any atom is -0.484 e. The molecule has 3 aromatic carbocycles. The van der Waals surface area contributed by atoms with E-state index in [1.807, 2.05) is 49.4 Å². The molecule has 0 saturated carbocycles. The van der Waals surface area contributed by atoms with Gasteiger partial charge in [0.25, 0.3) is 15.9 Å². The van der Waals surface area contributed by atoms with E-state index in [1.54, 1.807) is 12.1 Å². The molecule has 172 valence electrons. The predicted molar refractivity (Wildman–Crippen MR) is 129 cm³/mol. The first kappa shape index (κ1) is 22.9. The lowest BCUT2D eigenvalue weighted by molar-refractivity contribution is -0.123. The number of anilines is 1. The molecule has 1 aliphatic rings. The van der Waals surface area contributed by atoms with Crippen LogP contribution >= 0.6 is 0 Å². The van der Waals surface area contributed by atoms with Crippen molar-refractivity contribution >= 4 is 21.6 Å². The van der Waals surface area contributed by atoms with Gasteiger partial charge in [-0.25, -0.2) is 8.42 Å². The molecule has 0 aromatic heterocycles. The first-order valence-corrected chi connectivity index (χ1v) is 12.5. The first-order chi connectivity index (χ1) is 15.9. The summed E-state index contributed by atoms with van der Waals surface area (Å²) in [6, 6.07) is 23.9. The topological polar surface area (TPSA) is 75.7 Å². The van der Waals surface area contributed by atoms with Crippen molar-refractivity contribution in [2.45, 2.75) is 37.1 Å². The van der Waals surface area contributed by atoms with Crippen molar-refractivity contribution in [3.8, 4) is 5.75 Å². The van der Waals surface area contributed by atoms with Gasteiger partial charge in [0.05, 0.1) is 10.6 Å². The summed E-state index contributed by atoms with van der Waals surface area (Å²) in [5.41, 5.74) is 3.00. The van der Waals surface area contributed by atoms with Crippen LogP contribution in [0.15, 0.2) is 83.8 Å². The summed E-state index contributed by atoms with van der Waals surface area (Å²) in [6.45, 7) is 2.28. The third kappa shape index (κ3) is 5.54. The highest BCUT2D eigenvalue weighted by Crippen LogP contribution is 2.33. The van der Waals surface area contributed by atoms with Crippen LogP contribution in [0.25, 0.3) is 0 Å². The van der Waals surface area contributed by atoms with Crippen LogP contribution in [0.4, 0.5) is 5.69 Å². The number of nitrogens with zero attached hydrogens (tertiary/aromatic N) is 1. The van der Waals surface area contributed by atoms with Gasteiger partial charge in [0.15, 0.2) is 6.61 Å². The number of aryl methyl sites for hydroxylation is 1. The number of benzene rings is 3. The van der Waals surface area contributed by atoms with Gasteiger partial charge in [-0.05, 0) is 67.6 Å². The molecule has 33 heavy (non-hydrogen) atoms. The van der Waals surface area contributed by atoms with E-state index in [4.69, 9.17) is 4.74 Å². The quantitative estimate of drug-likeness (QED) is 0.520. The van der Waals surface area contributed by atoms with E-state index in [0.29, 0.717) is 18.7 Å². The van der Waals surface area contributed by atoms with E-state index < -0.39 is 10.0 Å². The zero-order chi connectivity index (χ0) is 23.3. The van der Waals surface area contributed by atoms with Crippen LogP contribution in [0.1, 0.15) is 24.5 Å². The van der Waals surface area contributed by atoms with Crippen molar-refractivity contribution < 1.29 is 17.9 Å². The van der Waals surface area contributed by atoms with E-state index in [1.165, 1.54) is 22.0 Å². The molecule has 0 fully saturated rings. The Morgan fingerprint density at radius 2 is 1.70 bits per heavy atom. The molecule has 0 unspecified atom stereocenters. The van der Waals surface area contributed by atoms with E-state index in [-0.39, 0.29) is 23.5 Å². The Labute approximate surface area is 195 Å². The zero-order valence-corrected chi connectivity index (χ0v) is 19.4. The van der Waals surface area contributed by atoms with Crippen LogP contribution in [0.5, 0.6) is 5.75 Å². The number of carbonyl (C=O) groups is 1. The van der Waals surface area contributed by atoms with Crippen LogP contribution < -0.4 is 14.4 Å². The van der Waals surface area contributed by atoms with Crippen LogP contribution in [0.3, 0.4) is 0 Å². The summed E-state index contributed by atoms with van der Waals surface area (Å²) in [7, 11) is -3.65. The van der Waals surface area contributed by atoms with Crippen molar-refractivity contribution in [1.82, 2.24) is 5.32 Å². The highest BCUT2D eigenvalue weighted by molar-refractivity contribution is 7.92. The SMILES string of the molecule is C[C@@H](CCc1ccccc1)NC(=O)COc1ccc(S(=O)(=O)N2CCc3ccccc32)cc1. The Morgan fingerprint density at radius 1 is 1.00 bits per heavy atom. The molecule has 0 radical (unpaired) electrons. The van der Waals surface area contributed by atoms with Crippen LogP contribution in [0, 0.1) is 0 Å². The van der Waals surface area contributed by atoms with Crippen LogP contribution in [-0.2, 0) is 27.7 Å². The molecule has 1 aliphatic heterocycles. The fourth-order valence-corrected chi connectivity index (χ4v) is 5.46. The largest absolute Gasteiger partial charge is 0.484 e. The standard InChI is InChI=1S/C26H28N2O4S/c1-20(11-12-21-7-3-2-4-8-21)27-26(29)19-32-23-13-15-24(16-14-23)33(30,31)28-18-17-22-9-5-6-10-25(22)28/h2-10,13-16,20H,11-12,17-19H2,1H3,(H,27,29)/t20-/m0/s1. The second-order valence-electron chi connectivity index (χ2n) is 8.21. The molecule has 0 saturated heterocycles. The Hall–Kier alpha value is -3.32. The average Bonchev–Trinajstić information content (AvgIpc) is 3.27. The molecular formula is C26H28N2O4S. The van der Waals surface area contributed by atoms with Gasteiger partial charge in [0, 0.05) is 12.6 Å². The minimum absolute atomic E-state index is 0.0252. The molecule has 0 bridgehead atoms. The molecule has 1 atom stereocenters. The van der Waals surface area contributed by atoms with Gasteiger partial charge in [-0.15, -0.1) is 0 Å². The fourth-order valence-electron chi connectivity index (χ4n) is 3.96. The Bertz CT molecular complexity index is 1190. The fraction of sp³-hybridized carbons (Fsp3) is 0.269. The first-order valence-electron chi connectivity index (χ1n) is 11.1. The van der Waals surface area contributed by atoms with Crippen LogP contribution in [0.2, 0.25) is 0 Å². The summed E-state index contributed by atoms with van der Waals surface area (Å²) in [6.07, 6.45) is 2.43. The average molecular weight is 465 g/mol. The number of amides is 1. The number of carbonyl (C=O) groups excluding carboxylic acids is 1. The number of fused-ring (bicyclic) bond motifs is 1. The third-order valence-corrected chi connectivity index (χ3v) is 7.57. The second kappa shape index (κ2) is 10.1. The van der Waals surface area contributed by atoms with Gasteiger partial charge in [0.2, 0.25) is 0 Å². The van der Waals surface area contributed by atoms with Gasteiger partial charge >= 0.3 is 0 Å². The summed E-state index contributed by atoms with van der Waals surface area (Å²) in [5, 5.41) is 2.94. The van der Waals surface area contributed by atoms with Gasteiger partial charge in [-0.2, -0.15) is 0 Å². The highest BCUT2D eigenvalue weighted by atomic mass is 32.2. The summed E-state index contributed by atoms with van der Waals surface area (Å²) in [4.78, 5) is 12.4. The van der Waals surface area contributed by atoms with E-state index in [0.717, 1.165) is 24.1 Å². The summed E-state index contributed by atoms with van der Waals surface area (Å²) >= 11 is 0. The molecule has 1 N–H and O–H groups in total.